The van der Waals surface area contributed by atoms with Gasteiger partial charge in [-0.25, -0.2) is 0 Å². The standard InChI is InChI=1S/3C11H14.3C2H6.Fe/c3*1-4-9(2)11-8-6-5-7-10(11)3;3*1-2;/h3*5-8H,2,4H2,1,3H3;3*1-2H3;. The molecular formula is C39H60Fe. The summed E-state index contributed by atoms with van der Waals surface area (Å²) in [6.07, 6.45) is 3.10. The van der Waals surface area contributed by atoms with Gasteiger partial charge in [0.25, 0.3) is 0 Å². The molecule has 0 aliphatic carbocycles. The van der Waals surface area contributed by atoms with Crippen LogP contribution in [0.25, 0.3) is 16.7 Å². The second-order valence-corrected chi connectivity index (χ2v) is 8.32. The van der Waals surface area contributed by atoms with Crippen molar-refractivity contribution in [3.63, 3.8) is 0 Å². The van der Waals surface area contributed by atoms with E-state index in [1.54, 1.807) is 0 Å². The molecule has 0 heterocycles. The molecule has 1 heteroatoms. The Kier molecular flexibility index (Phi) is 32.6. The van der Waals surface area contributed by atoms with E-state index in [-0.39, 0.29) is 17.1 Å². The molecule has 3 aromatic carbocycles. The van der Waals surface area contributed by atoms with Crippen molar-refractivity contribution in [3.8, 4) is 0 Å². The van der Waals surface area contributed by atoms with Crippen molar-refractivity contribution in [2.45, 2.75) is 102 Å². The maximum atomic E-state index is 4.00. The summed E-state index contributed by atoms with van der Waals surface area (Å²) in [5, 5.41) is 0. The van der Waals surface area contributed by atoms with Crippen LogP contribution < -0.4 is 0 Å². The van der Waals surface area contributed by atoms with Crippen LogP contribution >= 0.6 is 0 Å². The first-order valence-electron chi connectivity index (χ1n) is 15.0. The molecule has 224 valence electrons. The van der Waals surface area contributed by atoms with Crippen LogP contribution in [0.2, 0.25) is 0 Å². The van der Waals surface area contributed by atoms with E-state index in [1.807, 2.05) is 41.5 Å². The third-order valence-corrected chi connectivity index (χ3v) is 5.86. The smallest absolute Gasteiger partial charge is 0 e. The second-order valence-electron chi connectivity index (χ2n) is 8.32. The van der Waals surface area contributed by atoms with Gasteiger partial charge in [0.05, 0.1) is 0 Å². The predicted molar refractivity (Wildman–Crippen MR) is 186 cm³/mol. The third-order valence-electron chi connectivity index (χ3n) is 5.86. The van der Waals surface area contributed by atoms with Crippen molar-refractivity contribution in [2.75, 3.05) is 0 Å². The molecule has 0 amide bonds. The number of rotatable bonds is 6. The van der Waals surface area contributed by atoms with E-state index in [0.717, 1.165) is 19.3 Å². The van der Waals surface area contributed by atoms with Crippen LogP contribution in [0.3, 0.4) is 0 Å². The first-order chi connectivity index (χ1) is 18.8. The van der Waals surface area contributed by atoms with Crippen molar-refractivity contribution in [1.29, 1.82) is 0 Å². The van der Waals surface area contributed by atoms with Gasteiger partial charge in [-0.3, -0.25) is 0 Å². The van der Waals surface area contributed by atoms with Crippen LogP contribution in [0.15, 0.2) is 92.5 Å². The van der Waals surface area contributed by atoms with Crippen LogP contribution in [0.4, 0.5) is 0 Å². The van der Waals surface area contributed by atoms with Crippen LogP contribution in [0, 0.1) is 20.8 Å². The Morgan fingerprint density at radius 2 is 0.600 bits per heavy atom. The summed E-state index contributed by atoms with van der Waals surface area (Å²) in [6, 6.07) is 25.1. The Morgan fingerprint density at radius 1 is 0.425 bits per heavy atom. The molecule has 0 atom stereocenters. The van der Waals surface area contributed by atoms with Gasteiger partial charge >= 0.3 is 0 Å². The molecule has 0 aromatic heterocycles. The van der Waals surface area contributed by atoms with E-state index in [1.165, 1.54) is 50.1 Å². The molecular weight excluding hydrogens is 524 g/mol. The van der Waals surface area contributed by atoms with Gasteiger partial charge in [-0.05, 0) is 90.1 Å². The molecule has 0 saturated carbocycles. The van der Waals surface area contributed by atoms with Gasteiger partial charge in [-0.2, -0.15) is 0 Å². The first-order valence-corrected chi connectivity index (χ1v) is 15.0. The van der Waals surface area contributed by atoms with Gasteiger partial charge in [0.15, 0.2) is 0 Å². The van der Waals surface area contributed by atoms with Crippen molar-refractivity contribution >= 4 is 16.7 Å². The number of allylic oxidation sites excluding steroid dienone is 3. The van der Waals surface area contributed by atoms with E-state index in [9.17, 15) is 0 Å². The Bertz CT molecular complexity index is 919. The molecule has 0 N–H and O–H groups in total. The van der Waals surface area contributed by atoms with E-state index in [2.05, 4.69) is 134 Å². The van der Waals surface area contributed by atoms with Gasteiger partial charge in [0.2, 0.25) is 0 Å². The maximum absolute atomic E-state index is 4.00. The topological polar surface area (TPSA) is 0 Å². The molecule has 3 aromatic rings. The minimum Gasteiger partial charge on any atom is -0.0952 e. The summed E-state index contributed by atoms with van der Waals surface area (Å²) >= 11 is 0. The fourth-order valence-corrected chi connectivity index (χ4v) is 3.48. The number of hydrogen-bond acceptors (Lipinski definition) is 0. The first kappa shape index (κ1) is 44.4. The average Bonchev–Trinajstić information content (AvgIpc) is 3.00. The van der Waals surface area contributed by atoms with Crippen molar-refractivity contribution in [2.24, 2.45) is 0 Å². The Morgan fingerprint density at radius 3 is 0.750 bits per heavy atom. The predicted octanol–water partition coefficient (Wildman–Crippen LogP) is 13.3. The normalized spacial score (nSPS) is 8.40. The minimum absolute atomic E-state index is 0. The number of aryl methyl sites for hydroxylation is 3. The summed E-state index contributed by atoms with van der Waals surface area (Å²) in [5.41, 5.74) is 11.5. The van der Waals surface area contributed by atoms with Crippen LogP contribution in [0.5, 0.6) is 0 Å². The molecule has 0 aliphatic rings. The summed E-state index contributed by atoms with van der Waals surface area (Å²) in [4.78, 5) is 0. The molecule has 0 unspecified atom stereocenters. The number of hydrogen-bond donors (Lipinski definition) is 0. The minimum atomic E-state index is 0. The van der Waals surface area contributed by atoms with Crippen LogP contribution in [-0.4, -0.2) is 0 Å². The van der Waals surface area contributed by atoms with Crippen molar-refractivity contribution in [3.05, 3.63) is 126 Å². The van der Waals surface area contributed by atoms with E-state index < -0.39 is 0 Å². The quantitative estimate of drug-likeness (QED) is 0.253. The molecule has 0 aliphatic heterocycles. The zero-order valence-corrected chi connectivity index (χ0v) is 29.1. The second kappa shape index (κ2) is 29.4. The summed E-state index contributed by atoms with van der Waals surface area (Å²) < 4.78 is 0. The number of benzene rings is 3. The molecule has 3 rings (SSSR count). The van der Waals surface area contributed by atoms with Crippen molar-refractivity contribution < 1.29 is 17.1 Å². The van der Waals surface area contributed by atoms with Gasteiger partial charge in [-0.15, -0.1) is 0 Å². The zero-order valence-electron chi connectivity index (χ0n) is 28.0. The van der Waals surface area contributed by atoms with Gasteiger partial charge in [0.1, 0.15) is 0 Å². The van der Waals surface area contributed by atoms with Gasteiger partial charge in [-0.1, -0.05) is 155 Å². The summed E-state index contributed by atoms with van der Waals surface area (Å²) in [7, 11) is 0. The largest absolute Gasteiger partial charge is 0.0952 e. The Hall–Kier alpha value is -2.60. The third kappa shape index (κ3) is 17.9. The van der Waals surface area contributed by atoms with Crippen LogP contribution in [-0.2, 0) is 17.1 Å². The Balaban J connectivity index is -0.000000219. The van der Waals surface area contributed by atoms with Gasteiger partial charge in [0, 0.05) is 17.1 Å². The van der Waals surface area contributed by atoms with Crippen molar-refractivity contribution in [1.82, 2.24) is 0 Å². The molecule has 0 saturated heterocycles. The van der Waals surface area contributed by atoms with E-state index in [0.29, 0.717) is 0 Å². The van der Waals surface area contributed by atoms with E-state index in [4.69, 9.17) is 0 Å². The SMILES string of the molecule is C=C(CC)c1ccccc1C.C=C(CC)c1ccccc1C.C=C(CC)c1ccccc1C.CC.CC.CC.[Fe]. The average molecular weight is 585 g/mol. The molecule has 0 radical (unpaired) electrons. The molecule has 40 heavy (non-hydrogen) atoms. The molecule has 0 fully saturated rings. The summed E-state index contributed by atoms with van der Waals surface area (Å²) in [5.74, 6) is 0. The maximum Gasteiger partial charge on any atom is 0 e. The zero-order chi connectivity index (χ0) is 30.8. The van der Waals surface area contributed by atoms with Crippen LogP contribution in [0.1, 0.15) is 115 Å². The fraction of sp³-hybridized carbons (Fsp3) is 0.385. The van der Waals surface area contributed by atoms with Gasteiger partial charge < -0.3 is 0 Å². The Labute approximate surface area is 261 Å². The molecule has 0 bridgehead atoms. The fourth-order valence-electron chi connectivity index (χ4n) is 3.48. The molecule has 0 nitrogen and oxygen atoms in total. The van der Waals surface area contributed by atoms with E-state index >= 15 is 0 Å². The molecule has 0 spiro atoms. The monoisotopic (exact) mass is 584 g/mol. The summed E-state index contributed by atoms with van der Waals surface area (Å²) in [6.45, 7) is 36.8.